The van der Waals surface area contributed by atoms with Crippen molar-refractivity contribution >= 4 is 17.9 Å². The highest BCUT2D eigenvalue weighted by atomic mass is 19.1. The number of carbonyl (C=O) groups excluding carboxylic acids is 3. The molecule has 4 rings (SSSR count). The van der Waals surface area contributed by atoms with Gasteiger partial charge >= 0.3 is 12.0 Å². The number of halogens is 2. The van der Waals surface area contributed by atoms with Gasteiger partial charge in [-0.25, -0.2) is 18.4 Å². The van der Waals surface area contributed by atoms with Crippen LogP contribution in [-0.4, -0.2) is 78.5 Å². The Hall–Kier alpha value is -3.79. The van der Waals surface area contributed by atoms with Crippen LogP contribution < -0.4 is 5.32 Å². The third-order valence-electron chi connectivity index (χ3n) is 6.77. The maximum Gasteiger partial charge on any atom is 0.338 e. The van der Waals surface area contributed by atoms with Crippen LogP contribution in [0, 0.1) is 11.6 Å². The second-order valence-electron chi connectivity index (χ2n) is 9.19. The van der Waals surface area contributed by atoms with Crippen molar-refractivity contribution in [3.63, 3.8) is 0 Å². The minimum atomic E-state index is -0.794. The third-order valence-corrected chi connectivity index (χ3v) is 6.77. The minimum absolute atomic E-state index is 0.159. The van der Waals surface area contributed by atoms with Crippen LogP contribution in [0.4, 0.5) is 13.6 Å². The van der Waals surface area contributed by atoms with Gasteiger partial charge in [0.05, 0.1) is 18.2 Å². The number of likely N-dealkylation sites (N-methyl/N-ethyl adjacent to an activating group) is 1. The Morgan fingerprint density at radius 1 is 1.00 bits per heavy atom. The molecule has 0 spiro atoms. The number of nitrogens with one attached hydrogen (secondary N) is 1. The zero-order valence-electron chi connectivity index (χ0n) is 21.6. The topological polar surface area (TPSA) is 82.2 Å². The molecule has 2 aromatic carbocycles. The number of nitrogens with zero attached hydrogens (tertiary/aromatic N) is 3. The minimum Gasteiger partial charge on any atom is -0.463 e. The second-order valence-corrected chi connectivity index (χ2v) is 9.19. The number of hydrogen-bond donors (Lipinski definition) is 1. The Labute approximate surface area is 220 Å². The standard InChI is InChI=1S/C28H32F2N4O4/c1-3-34-23(18-32-13-6-14-33(16-15-32)26(35)20-7-5-8-22(30)17-20)24(27(36)38-4-2)25(31-28(34)37)19-9-11-21(29)12-10-19/h5,7-12,17,25H,3-4,6,13-16,18H2,1-2H3,(H,31,37)/t25-/m0/s1. The predicted octanol–water partition coefficient (Wildman–Crippen LogP) is 3.72. The maximum atomic E-state index is 13.7. The van der Waals surface area contributed by atoms with E-state index in [9.17, 15) is 23.2 Å². The van der Waals surface area contributed by atoms with Gasteiger partial charge in [0.25, 0.3) is 5.91 Å². The van der Waals surface area contributed by atoms with Crippen molar-refractivity contribution < 1.29 is 27.9 Å². The molecule has 1 saturated heterocycles. The van der Waals surface area contributed by atoms with Crippen molar-refractivity contribution in [3.8, 4) is 0 Å². The van der Waals surface area contributed by atoms with Gasteiger partial charge in [-0.05, 0) is 56.2 Å². The zero-order valence-corrected chi connectivity index (χ0v) is 21.6. The molecule has 202 valence electrons. The average Bonchev–Trinajstić information content (AvgIpc) is 3.14. The van der Waals surface area contributed by atoms with Gasteiger partial charge in [0.1, 0.15) is 11.6 Å². The molecule has 2 heterocycles. The van der Waals surface area contributed by atoms with E-state index in [-0.39, 0.29) is 25.1 Å². The fourth-order valence-electron chi connectivity index (χ4n) is 4.91. The molecular weight excluding hydrogens is 494 g/mol. The maximum absolute atomic E-state index is 13.7. The number of esters is 1. The number of amides is 3. The molecule has 2 aromatic rings. The zero-order chi connectivity index (χ0) is 27.2. The van der Waals surface area contributed by atoms with Crippen molar-refractivity contribution in [3.05, 3.63) is 82.6 Å². The van der Waals surface area contributed by atoms with Crippen molar-refractivity contribution in [2.75, 3.05) is 45.9 Å². The van der Waals surface area contributed by atoms with E-state index in [1.807, 2.05) is 6.92 Å². The van der Waals surface area contributed by atoms with Crippen LogP contribution in [0.25, 0.3) is 0 Å². The lowest BCUT2D eigenvalue weighted by Gasteiger charge is -2.38. The molecule has 3 amide bonds. The summed E-state index contributed by atoms with van der Waals surface area (Å²) in [5, 5.41) is 2.87. The first-order chi connectivity index (χ1) is 18.3. The molecule has 2 aliphatic heterocycles. The summed E-state index contributed by atoms with van der Waals surface area (Å²) in [6.45, 7) is 6.36. The number of hydrogen-bond acceptors (Lipinski definition) is 5. The molecule has 0 bridgehead atoms. The molecule has 1 fully saturated rings. The van der Waals surface area contributed by atoms with Gasteiger partial charge in [0, 0.05) is 50.5 Å². The molecule has 0 aromatic heterocycles. The quantitative estimate of drug-likeness (QED) is 0.557. The van der Waals surface area contributed by atoms with Crippen LogP contribution in [0.1, 0.15) is 42.2 Å². The van der Waals surface area contributed by atoms with Crippen molar-refractivity contribution in [1.82, 2.24) is 20.0 Å². The van der Waals surface area contributed by atoms with Gasteiger partial charge in [0.2, 0.25) is 0 Å². The number of benzene rings is 2. The molecular formula is C28H32F2N4O4. The van der Waals surface area contributed by atoms with Gasteiger partial charge in [-0.15, -0.1) is 0 Å². The normalized spacial score (nSPS) is 18.7. The Kier molecular flexibility index (Phi) is 8.73. The molecule has 0 aliphatic carbocycles. The molecule has 0 radical (unpaired) electrons. The highest BCUT2D eigenvalue weighted by Gasteiger charge is 2.38. The average molecular weight is 527 g/mol. The molecule has 1 atom stereocenters. The molecule has 38 heavy (non-hydrogen) atoms. The lowest BCUT2D eigenvalue weighted by atomic mass is 9.94. The lowest BCUT2D eigenvalue weighted by Crippen LogP contribution is -2.51. The Morgan fingerprint density at radius 3 is 2.45 bits per heavy atom. The Bertz CT molecular complexity index is 1220. The van der Waals surface area contributed by atoms with Crippen molar-refractivity contribution in [2.45, 2.75) is 26.3 Å². The van der Waals surface area contributed by atoms with E-state index < -0.39 is 23.6 Å². The summed E-state index contributed by atoms with van der Waals surface area (Å²) in [4.78, 5) is 44.6. The van der Waals surface area contributed by atoms with E-state index in [0.29, 0.717) is 61.5 Å². The van der Waals surface area contributed by atoms with Crippen molar-refractivity contribution in [2.24, 2.45) is 0 Å². The second kappa shape index (κ2) is 12.2. The van der Waals surface area contributed by atoms with Crippen LogP contribution >= 0.6 is 0 Å². The summed E-state index contributed by atoms with van der Waals surface area (Å²) in [7, 11) is 0. The smallest absolute Gasteiger partial charge is 0.338 e. The van der Waals surface area contributed by atoms with E-state index in [4.69, 9.17) is 4.74 Å². The molecule has 2 aliphatic rings. The first-order valence-electron chi connectivity index (χ1n) is 12.8. The van der Waals surface area contributed by atoms with Gasteiger partial charge in [-0.1, -0.05) is 18.2 Å². The Balaban J connectivity index is 1.61. The van der Waals surface area contributed by atoms with E-state index in [2.05, 4.69) is 10.2 Å². The summed E-state index contributed by atoms with van der Waals surface area (Å²) < 4.78 is 32.6. The molecule has 0 saturated carbocycles. The summed E-state index contributed by atoms with van der Waals surface area (Å²) in [5.41, 5.74) is 1.69. The highest BCUT2D eigenvalue weighted by Crippen LogP contribution is 2.32. The van der Waals surface area contributed by atoms with E-state index in [0.717, 1.165) is 0 Å². The number of ether oxygens (including phenoxy) is 1. The first-order valence-corrected chi connectivity index (χ1v) is 12.8. The number of urea groups is 1. The van der Waals surface area contributed by atoms with Crippen LogP contribution in [0.5, 0.6) is 0 Å². The lowest BCUT2D eigenvalue weighted by molar-refractivity contribution is -0.139. The Morgan fingerprint density at radius 2 is 1.76 bits per heavy atom. The summed E-state index contributed by atoms with van der Waals surface area (Å²) in [5.74, 6) is -1.67. The predicted molar refractivity (Wildman–Crippen MR) is 137 cm³/mol. The fraction of sp³-hybridized carbons (Fsp3) is 0.393. The summed E-state index contributed by atoms with van der Waals surface area (Å²) >= 11 is 0. The summed E-state index contributed by atoms with van der Waals surface area (Å²) in [6.07, 6.45) is 0.669. The third kappa shape index (κ3) is 6.02. The summed E-state index contributed by atoms with van der Waals surface area (Å²) in [6, 6.07) is 10.2. The number of carbonyl (C=O) groups is 3. The van der Waals surface area contributed by atoms with E-state index in [1.165, 1.54) is 35.2 Å². The fourth-order valence-corrected chi connectivity index (χ4v) is 4.91. The largest absolute Gasteiger partial charge is 0.463 e. The van der Waals surface area contributed by atoms with Crippen molar-refractivity contribution in [1.29, 1.82) is 0 Å². The van der Waals surface area contributed by atoms with Crippen LogP contribution in [0.2, 0.25) is 0 Å². The highest BCUT2D eigenvalue weighted by molar-refractivity contribution is 5.95. The molecule has 10 heteroatoms. The van der Waals surface area contributed by atoms with E-state index in [1.54, 1.807) is 30.0 Å². The molecule has 0 unspecified atom stereocenters. The van der Waals surface area contributed by atoms with Gasteiger partial charge in [-0.3, -0.25) is 14.6 Å². The van der Waals surface area contributed by atoms with Crippen LogP contribution in [0.15, 0.2) is 59.8 Å². The van der Waals surface area contributed by atoms with Crippen LogP contribution in [0.3, 0.4) is 0 Å². The SMILES string of the molecule is CCOC(=O)C1=C(CN2CCCN(C(=O)c3cccc(F)c3)CC2)N(CC)C(=O)N[C@H]1c1ccc(F)cc1. The number of rotatable bonds is 7. The monoisotopic (exact) mass is 526 g/mol. The van der Waals surface area contributed by atoms with Gasteiger partial charge in [-0.2, -0.15) is 0 Å². The van der Waals surface area contributed by atoms with E-state index >= 15 is 0 Å². The first kappa shape index (κ1) is 27.3. The van der Waals surface area contributed by atoms with Gasteiger partial charge < -0.3 is 15.0 Å². The van der Waals surface area contributed by atoms with Gasteiger partial charge in [0.15, 0.2) is 0 Å². The van der Waals surface area contributed by atoms with Crippen LogP contribution in [-0.2, 0) is 9.53 Å². The molecule has 1 N–H and O–H groups in total. The molecule has 8 nitrogen and oxygen atoms in total.